The van der Waals surface area contributed by atoms with Crippen molar-refractivity contribution in [2.45, 2.75) is 51.0 Å². The lowest BCUT2D eigenvalue weighted by molar-refractivity contribution is -0.348. The van der Waals surface area contributed by atoms with Crippen molar-refractivity contribution >= 4 is 50.7 Å². The highest BCUT2D eigenvalue weighted by Crippen LogP contribution is 2.54. The van der Waals surface area contributed by atoms with Gasteiger partial charge in [-0.25, -0.2) is 17.6 Å². The Morgan fingerprint density at radius 2 is 1.64 bits per heavy atom. The molecule has 3 aromatic rings. The van der Waals surface area contributed by atoms with Crippen molar-refractivity contribution in [1.82, 2.24) is 10.2 Å². The van der Waals surface area contributed by atoms with E-state index in [0.29, 0.717) is 23.3 Å². The second-order valence-corrected chi connectivity index (χ2v) is 15.1. The number of fused-ring (bicyclic) bond motifs is 1. The SMILES string of the molecule is COCCN1Cc2cc(C(F)(C(F)(F)F)C(F)(F)F)ccc2N(Cc2ccc(NC(=O)c3cccc(Cl)c3C(=O)N[C@@H](C)CS(C)(=O)=O)c(C)c2)C1=O. The molecule has 0 unspecified atom stereocenters. The van der Waals surface area contributed by atoms with Crippen LogP contribution in [0.4, 0.5) is 46.9 Å². The predicted octanol–water partition coefficient (Wildman–Crippen LogP) is 6.94. The highest BCUT2D eigenvalue weighted by atomic mass is 35.5. The van der Waals surface area contributed by atoms with Crippen LogP contribution in [0.3, 0.4) is 0 Å². The normalized spacial score (nSPS) is 14.5. The van der Waals surface area contributed by atoms with Gasteiger partial charge in [-0.1, -0.05) is 35.9 Å². The Hall–Kier alpha value is -4.42. The lowest BCUT2D eigenvalue weighted by Gasteiger charge is -2.38. The highest BCUT2D eigenvalue weighted by Gasteiger charge is 2.73. The number of sulfone groups is 1. The van der Waals surface area contributed by atoms with E-state index in [9.17, 15) is 53.5 Å². The summed E-state index contributed by atoms with van der Waals surface area (Å²) in [5.41, 5.74) is -6.70. The van der Waals surface area contributed by atoms with Gasteiger partial charge in [-0.3, -0.25) is 14.5 Å². The zero-order valence-electron chi connectivity index (χ0n) is 28.6. The van der Waals surface area contributed by atoms with E-state index in [1.807, 2.05) is 0 Å². The van der Waals surface area contributed by atoms with E-state index in [2.05, 4.69) is 10.6 Å². The van der Waals surface area contributed by atoms with E-state index in [1.165, 1.54) is 44.4 Å². The number of benzene rings is 3. The molecular weight excluding hydrogens is 761 g/mol. The van der Waals surface area contributed by atoms with Gasteiger partial charge in [0.2, 0.25) is 0 Å². The number of hydrogen-bond acceptors (Lipinski definition) is 6. The molecule has 0 aromatic heterocycles. The fourth-order valence-corrected chi connectivity index (χ4v) is 7.08. The zero-order valence-corrected chi connectivity index (χ0v) is 30.2. The number of methoxy groups -OCH3 is 1. The quantitative estimate of drug-likeness (QED) is 0.192. The van der Waals surface area contributed by atoms with Crippen molar-refractivity contribution < 1.29 is 58.3 Å². The van der Waals surface area contributed by atoms with Crippen molar-refractivity contribution in [3.63, 3.8) is 0 Å². The lowest BCUT2D eigenvalue weighted by Crippen LogP contribution is -2.51. The molecule has 288 valence electrons. The van der Waals surface area contributed by atoms with Crippen LogP contribution in [0.25, 0.3) is 0 Å². The summed E-state index contributed by atoms with van der Waals surface area (Å²) >= 11 is 6.27. The fraction of sp³-hybridized carbons (Fsp3) is 0.382. The molecule has 1 heterocycles. The number of aryl methyl sites for hydroxylation is 1. The van der Waals surface area contributed by atoms with Crippen LogP contribution in [0, 0.1) is 6.92 Å². The molecule has 0 bridgehead atoms. The molecule has 2 N–H and O–H groups in total. The average Bonchev–Trinajstić information content (AvgIpc) is 3.03. The van der Waals surface area contributed by atoms with Gasteiger partial charge in [0.15, 0.2) is 0 Å². The molecule has 1 atom stereocenters. The first-order chi connectivity index (χ1) is 24.5. The minimum Gasteiger partial charge on any atom is -0.383 e. The second kappa shape index (κ2) is 15.5. The molecule has 4 rings (SSSR count). The zero-order chi connectivity index (χ0) is 39.7. The Bertz CT molecular complexity index is 2000. The molecule has 0 aliphatic carbocycles. The number of ether oxygens (including phenoxy) is 1. The van der Waals surface area contributed by atoms with Gasteiger partial charge < -0.3 is 20.3 Å². The molecule has 10 nitrogen and oxygen atoms in total. The number of hydrogen-bond donors (Lipinski definition) is 2. The number of carbonyl (C=O) groups is 3. The average molecular weight is 795 g/mol. The molecular formula is C34H34ClF7N4O6S. The summed E-state index contributed by atoms with van der Waals surface area (Å²) in [5.74, 6) is -1.88. The van der Waals surface area contributed by atoms with Gasteiger partial charge in [0, 0.05) is 43.7 Å². The minimum absolute atomic E-state index is 0.0179. The largest absolute Gasteiger partial charge is 0.435 e. The van der Waals surface area contributed by atoms with E-state index in [-0.39, 0.29) is 58.5 Å². The van der Waals surface area contributed by atoms with Crippen molar-refractivity contribution in [3.8, 4) is 0 Å². The summed E-state index contributed by atoms with van der Waals surface area (Å²) in [6.45, 7) is 2.33. The molecule has 1 aliphatic rings. The summed E-state index contributed by atoms with van der Waals surface area (Å²) in [6.07, 6.45) is -11.6. The smallest absolute Gasteiger partial charge is 0.383 e. The van der Waals surface area contributed by atoms with Crippen LogP contribution in [-0.2, 0) is 33.3 Å². The Morgan fingerprint density at radius 1 is 0.981 bits per heavy atom. The topological polar surface area (TPSA) is 125 Å². The maximum Gasteiger partial charge on any atom is 0.435 e. The first-order valence-corrected chi connectivity index (χ1v) is 18.1. The molecule has 0 saturated carbocycles. The molecule has 0 radical (unpaired) electrons. The molecule has 1 aliphatic heterocycles. The van der Waals surface area contributed by atoms with Crippen molar-refractivity contribution in [2.24, 2.45) is 0 Å². The predicted molar refractivity (Wildman–Crippen MR) is 182 cm³/mol. The Kier molecular flexibility index (Phi) is 12.1. The number of halogens is 8. The van der Waals surface area contributed by atoms with Gasteiger partial charge in [0.1, 0.15) is 9.84 Å². The molecule has 53 heavy (non-hydrogen) atoms. The number of rotatable bonds is 12. The lowest BCUT2D eigenvalue weighted by atomic mass is 9.91. The van der Waals surface area contributed by atoms with E-state index in [0.717, 1.165) is 22.1 Å². The number of nitrogens with zero attached hydrogens (tertiary/aromatic N) is 2. The van der Waals surface area contributed by atoms with Gasteiger partial charge in [0.25, 0.3) is 11.8 Å². The van der Waals surface area contributed by atoms with E-state index in [1.54, 1.807) is 13.0 Å². The van der Waals surface area contributed by atoms with Crippen molar-refractivity contribution in [2.75, 3.05) is 42.5 Å². The maximum atomic E-state index is 15.0. The Labute approximate surface area is 305 Å². The molecule has 19 heteroatoms. The first kappa shape index (κ1) is 41.3. The van der Waals surface area contributed by atoms with Gasteiger partial charge in [-0.2, -0.15) is 26.3 Å². The summed E-state index contributed by atoms with van der Waals surface area (Å²) in [4.78, 5) is 42.3. The van der Waals surface area contributed by atoms with Gasteiger partial charge in [-0.05, 0) is 60.9 Å². The van der Waals surface area contributed by atoms with Gasteiger partial charge >= 0.3 is 24.1 Å². The van der Waals surface area contributed by atoms with Crippen LogP contribution < -0.4 is 15.5 Å². The number of alkyl halides is 7. The summed E-state index contributed by atoms with van der Waals surface area (Å²) < 4.78 is 125. The molecule has 0 fully saturated rings. The number of amides is 4. The Balaban J connectivity index is 1.63. The van der Waals surface area contributed by atoms with E-state index < -0.39 is 63.9 Å². The maximum absolute atomic E-state index is 15.0. The summed E-state index contributed by atoms with van der Waals surface area (Å²) in [7, 11) is -2.10. The highest BCUT2D eigenvalue weighted by molar-refractivity contribution is 7.90. The number of carbonyl (C=O) groups excluding carboxylic acids is 3. The third-order valence-electron chi connectivity index (χ3n) is 8.27. The van der Waals surface area contributed by atoms with E-state index in [4.69, 9.17) is 16.3 Å². The summed E-state index contributed by atoms with van der Waals surface area (Å²) in [5, 5.41) is 5.12. The molecule has 0 spiro atoms. The third kappa shape index (κ3) is 9.04. The molecule has 4 amide bonds. The minimum atomic E-state index is -6.33. The second-order valence-electron chi connectivity index (χ2n) is 12.5. The first-order valence-electron chi connectivity index (χ1n) is 15.7. The van der Waals surface area contributed by atoms with Crippen LogP contribution in [0.5, 0.6) is 0 Å². The molecule has 0 saturated heterocycles. The summed E-state index contributed by atoms with van der Waals surface area (Å²) in [6, 6.07) is 8.93. The van der Waals surface area contributed by atoms with Gasteiger partial charge in [-0.15, -0.1) is 0 Å². The number of anilines is 2. The third-order valence-corrected chi connectivity index (χ3v) is 9.69. The van der Waals surface area contributed by atoms with Crippen molar-refractivity contribution in [3.05, 3.63) is 93.0 Å². The van der Waals surface area contributed by atoms with Crippen LogP contribution >= 0.6 is 11.6 Å². The molecule has 3 aromatic carbocycles. The standard InChI is InChI=1S/C34H34ClF7N4O6S/c1-19-14-21(8-10-26(19)44-29(47)24-6-5-7-25(35)28(24)30(48)43-20(2)18-53(4,50)51)16-46-27-11-9-23(32(36,33(37,38)39)34(40,41)42)15-22(27)17-45(31(46)49)12-13-52-3/h5-11,14-15,20H,12-13,16-18H2,1-4H3,(H,43,48)(H,44,47)/t20-/m0/s1. The number of nitrogens with one attached hydrogen (secondary N) is 2. The van der Waals surface area contributed by atoms with Crippen molar-refractivity contribution in [1.29, 1.82) is 0 Å². The number of urea groups is 1. The monoisotopic (exact) mass is 794 g/mol. The van der Waals surface area contributed by atoms with Crippen LogP contribution in [0.15, 0.2) is 54.6 Å². The van der Waals surface area contributed by atoms with E-state index >= 15 is 0 Å². The van der Waals surface area contributed by atoms with Crippen LogP contribution in [-0.4, -0.2) is 81.8 Å². The van der Waals surface area contributed by atoms with Crippen LogP contribution in [0.2, 0.25) is 5.02 Å². The fourth-order valence-electron chi connectivity index (χ4n) is 5.83. The van der Waals surface area contributed by atoms with Crippen LogP contribution in [0.1, 0.15) is 49.9 Å². The van der Waals surface area contributed by atoms with Gasteiger partial charge in [0.05, 0.1) is 40.7 Å². The Morgan fingerprint density at radius 3 is 2.23 bits per heavy atom.